The molecule has 2 unspecified atom stereocenters. The van der Waals surface area contributed by atoms with Crippen LogP contribution in [0.15, 0.2) is 35.5 Å². The molecule has 1 aromatic carbocycles. The van der Waals surface area contributed by atoms with Crippen LogP contribution in [0.25, 0.3) is 0 Å². The Morgan fingerprint density at radius 3 is 2.51 bits per heavy atom. The van der Waals surface area contributed by atoms with Crippen molar-refractivity contribution in [2.75, 3.05) is 39.3 Å². The first-order valence-electron chi connectivity index (χ1n) is 12.4. The highest BCUT2D eigenvalue weighted by molar-refractivity contribution is 5.95. The van der Waals surface area contributed by atoms with Gasteiger partial charge in [-0.15, -0.1) is 0 Å². The Morgan fingerprint density at radius 2 is 1.91 bits per heavy atom. The Balaban J connectivity index is 1.95. The lowest BCUT2D eigenvalue weighted by Gasteiger charge is -2.43. The van der Waals surface area contributed by atoms with Crippen LogP contribution in [0, 0.1) is 11.7 Å². The maximum absolute atomic E-state index is 14.8. The van der Waals surface area contributed by atoms with Crippen molar-refractivity contribution in [3.63, 3.8) is 0 Å². The SMILES string of the molecule is CCOC(=O)C1=C(CN2CCN(C(=O)CC(C)C)C(C)C2)N(CC)C(=O)NC1c1ccccc1F. The Kier molecular flexibility index (Phi) is 8.88. The largest absolute Gasteiger partial charge is 0.463 e. The number of nitrogens with one attached hydrogen (secondary N) is 1. The molecule has 0 spiro atoms. The molecule has 8 nitrogen and oxygen atoms in total. The van der Waals surface area contributed by atoms with Gasteiger partial charge in [-0.3, -0.25) is 14.6 Å². The Bertz CT molecular complexity index is 980. The van der Waals surface area contributed by atoms with Crippen LogP contribution >= 0.6 is 0 Å². The zero-order chi connectivity index (χ0) is 25.7. The van der Waals surface area contributed by atoms with E-state index >= 15 is 0 Å². The highest BCUT2D eigenvalue weighted by Crippen LogP contribution is 2.33. The molecule has 192 valence electrons. The molecule has 2 aliphatic rings. The molecule has 1 saturated heterocycles. The van der Waals surface area contributed by atoms with E-state index in [1.807, 2.05) is 32.6 Å². The summed E-state index contributed by atoms with van der Waals surface area (Å²) in [5, 5.41) is 2.80. The Morgan fingerprint density at radius 1 is 1.20 bits per heavy atom. The lowest BCUT2D eigenvalue weighted by Crippen LogP contribution is -2.56. The van der Waals surface area contributed by atoms with Crippen LogP contribution in [0.1, 0.15) is 52.6 Å². The maximum atomic E-state index is 14.8. The number of amides is 3. The van der Waals surface area contributed by atoms with Crippen molar-refractivity contribution in [1.29, 1.82) is 0 Å². The summed E-state index contributed by atoms with van der Waals surface area (Å²) in [6, 6.07) is 4.78. The molecule has 0 bridgehead atoms. The number of hydrogen-bond acceptors (Lipinski definition) is 5. The van der Waals surface area contributed by atoms with E-state index in [4.69, 9.17) is 4.74 Å². The molecule has 1 N–H and O–H groups in total. The van der Waals surface area contributed by atoms with Crippen molar-refractivity contribution in [3.8, 4) is 0 Å². The first-order valence-corrected chi connectivity index (χ1v) is 12.4. The molecule has 1 aromatic rings. The van der Waals surface area contributed by atoms with Gasteiger partial charge in [0.05, 0.1) is 18.2 Å². The van der Waals surface area contributed by atoms with Crippen LogP contribution in [0.3, 0.4) is 0 Å². The fourth-order valence-electron chi connectivity index (χ4n) is 4.83. The minimum atomic E-state index is -0.952. The molecule has 2 aliphatic heterocycles. The molecule has 2 heterocycles. The lowest BCUT2D eigenvalue weighted by atomic mass is 9.93. The van der Waals surface area contributed by atoms with Crippen molar-refractivity contribution in [3.05, 3.63) is 46.9 Å². The fraction of sp³-hybridized carbons (Fsp3) is 0.577. The zero-order valence-corrected chi connectivity index (χ0v) is 21.3. The molecule has 9 heteroatoms. The second-order valence-corrected chi connectivity index (χ2v) is 9.50. The molecule has 35 heavy (non-hydrogen) atoms. The predicted molar refractivity (Wildman–Crippen MR) is 131 cm³/mol. The molecule has 0 aromatic heterocycles. The van der Waals surface area contributed by atoms with Crippen LogP contribution in [0.4, 0.5) is 9.18 Å². The number of piperazine rings is 1. The summed E-state index contributed by atoms with van der Waals surface area (Å²) in [7, 11) is 0. The van der Waals surface area contributed by atoms with Gasteiger partial charge in [-0.1, -0.05) is 32.0 Å². The number of carbonyl (C=O) groups is 3. The van der Waals surface area contributed by atoms with Crippen LogP contribution in [0.2, 0.25) is 0 Å². The second-order valence-electron chi connectivity index (χ2n) is 9.50. The predicted octanol–water partition coefficient (Wildman–Crippen LogP) is 3.31. The first-order chi connectivity index (χ1) is 16.7. The van der Waals surface area contributed by atoms with Gasteiger partial charge in [0.2, 0.25) is 5.91 Å². The molecule has 2 atom stereocenters. The van der Waals surface area contributed by atoms with E-state index in [-0.39, 0.29) is 35.7 Å². The summed E-state index contributed by atoms with van der Waals surface area (Å²) < 4.78 is 20.1. The number of nitrogens with zero attached hydrogens (tertiary/aromatic N) is 3. The van der Waals surface area contributed by atoms with E-state index in [1.54, 1.807) is 25.1 Å². The molecule has 3 amide bonds. The van der Waals surface area contributed by atoms with Gasteiger partial charge in [0.25, 0.3) is 0 Å². The summed E-state index contributed by atoms with van der Waals surface area (Å²) in [4.78, 5) is 44.4. The lowest BCUT2D eigenvalue weighted by molar-refractivity contribution is -0.139. The summed E-state index contributed by atoms with van der Waals surface area (Å²) in [6.07, 6.45) is 0.511. The molecule has 0 saturated carbocycles. The summed E-state index contributed by atoms with van der Waals surface area (Å²) in [5.74, 6) is -0.646. The number of likely N-dealkylation sites (N-methyl/N-ethyl adjacent to an activating group) is 1. The highest BCUT2D eigenvalue weighted by Gasteiger charge is 2.40. The topological polar surface area (TPSA) is 82.2 Å². The van der Waals surface area contributed by atoms with Gasteiger partial charge in [-0.05, 0) is 32.8 Å². The average molecular weight is 489 g/mol. The Labute approximate surface area is 207 Å². The normalized spacial score (nSPS) is 21.4. The van der Waals surface area contributed by atoms with Crippen molar-refractivity contribution in [2.45, 2.75) is 53.1 Å². The highest BCUT2D eigenvalue weighted by atomic mass is 19.1. The molecule has 0 aliphatic carbocycles. The average Bonchev–Trinajstić information content (AvgIpc) is 2.79. The fourth-order valence-corrected chi connectivity index (χ4v) is 4.83. The van der Waals surface area contributed by atoms with Gasteiger partial charge in [-0.25, -0.2) is 14.0 Å². The number of hydrogen-bond donors (Lipinski definition) is 1. The first kappa shape index (κ1) is 26.7. The van der Waals surface area contributed by atoms with Crippen molar-refractivity contribution in [2.24, 2.45) is 5.92 Å². The zero-order valence-electron chi connectivity index (χ0n) is 21.3. The number of ether oxygens (including phenoxy) is 1. The van der Waals surface area contributed by atoms with E-state index in [0.29, 0.717) is 50.8 Å². The monoisotopic (exact) mass is 488 g/mol. The van der Waals surface area contributed by atoms with Crippen LogP contribution in [0.5, 0.6) is 0 Å². The van der Waals surface area contributed by atoms with E-state index in [0.717, 1.165) is 0 Å². The third-order valence-electron chi connectivity index (χ3n) is 6.45. The smallest absolute Gasteiger partial charge is 0.338 e. The van der Waals surface area contributed by atoms with E-state index in [2.05, 4.69) is 10.2 Å². The van der Waals surface area contributed by atoms with Gasteiger partial charge >= 0.3 is 12.0 Å². The number of urea groups is 1. The van der Waals surface area contributed by atoms with Gasteiger partial charge in [0.1, 0.15) is 5.82 Å². The molecular weight excluding hydrogens is 451 g/mol. The third kappa shape index (κ3) is 6.01. The van der Waals surface area contributed by atoms with Crippen LogP contribution in [-0.2, 0) is 14.3 Å². The van der Waals surface area contributed by atoms with E-state index in [9.17, 15) is 18.8 Å². The summed E-state index contributed by atoms with van der Waals surface area (Å²) >= 11 is 0. The minimum absolute atomic E-state index is 0.00324. The Hall–Kier alpha value is -2.94. The number of esters is 1. The van der Waals surface area contributed by atoms with Crippen LogP contribution in [-0.4, -0.2) is 78.0 Å². The standard InChI is InChI=1S/C26H37FN4O4/c1-6-30-21(16-29-12-13-31(18(5)15-29)22(32)14-17(3)4)23(25(33)35-7-2)24(28-26(30)34)19-10-8-9-11-20(19)27/h8-11,17-18,24H,6-7,12-16H2,1-5H3,(H,28,34). The number of carbonyl (C=O) groups excluding carboxylic acids is 3. The molecule has 0 radical (unpaired) electrons. The van der Waals surface area contributed by atoms with Gasteiger partial charge in [0.15, 0.2) is 0 Å². The molecule has 1 fully saturated rings. The number of rotatable bonds is 8. The van der Waals surface area contributed by atoms with Gasteiger partial charge in [-0.2, -0.15) is 0 Å². The van der Waals surface area contributed by atoms with E-state index in [1.165, 1.54) is 11.0 Å². The van der Waals surface area contributed by atoms with Crippen molar-refractivity contribution >= 4 is 17.9 Å². The summed E-state index contributed by atoms with van der Waals surface area (Å²) in [6.45, 7) is 12.2. The van der Waals surface area contributed by atoms with Crippen molar-refractivity contribution in [1.82, 2.24) is 20.0 Å². The minimum Gasteiger partial charge on any atom is -0.463 e. The van der Waals surface area contributed by atoms with Crippen molar-refractivity contribution < 1.29 is 23.5 Å². The number of benzene rings is 1. The van der Waals surface area contributed by atoms with Gasteiger partial charge in [0, 0.05) is 56.4 Å². The summed E-state index contributed by atoms with van der Waals surface area (Å²) in [5.41, 5.74) is 0.969. The molecular formula is C26H37FN4O4. The number of halogens is 1. The quantitative estimate of drug-likeness (QED) is 0.568. The third-order valence-corrected chi connectivity index (χ3v) is 6.45. The maximum Gasteiger partial charge on any atom is 0.338 e. The second kappa shape index (κ2) is 11.7. The van der Waals surface area contributed by atoms with E-state index < -0.39 is 17.8 Å². The van der Waals surface area contributed by atoms with Gasteiger partial charge < -0.3 is 15.0 Å². The molecule has 3 rings (SSSR count). The van der Waals surface area contributed by atoms with Crippen LogP contribution < -0.4 is 5.32 Å².